The quantitative estimate of drug-likeness (QED) is 0.429. The van der Waals surface area contributed by atoms with Gasteiger partial charge in [0.15, 0.2) is 0 Å². The maximum Gasteiger partial charge on any atom is 0.271 e. The Morgan fingerprint density at radius 1 is 1.00 bits per heavy atom. The van der Waals surface area contributed by atoms with Crippen LogP contribution in [0, 0.1) is 10.1 Å². The van der Waals surface area contributed by atoms with E-state index in [9.17, 15) is 10.1 Å². The molecule has 0 radical (unpaired) electrons. The highest BCUT2D eigenvalue weighted by Gasteiger charge is 2.31. The van der Waals surface area contributed by atoms with Crippen molar-refractivity contribution < 1.29 is 4.92 Å². The highest BCUT2D eigenvalue weighted by Crippen LogP contribution is 2.47. The molecule has 0 aliphatic carbocycles. The first-order valence-corrected chi connectivity index (χ1v) is 8.02. The lowest BCUT2D eigenvalue weighted by Gasteiger charge is -2.38. The summed E-state index contributed by atoms with van der Waals surface area (Å²) in [5, 5.41) is 11.2. The Morgan fingerprint density at radius 2 is 1.72 bits per heavy atom. The molecule has 0 spiro atoms. The van der Waals surface area contributed by atoms with Crippen molar-refractivity contribution in [2.75, 3.05) is 17.7 Å². The summed E-state index contributed by atoms with van der Waals surface area (Å²) in [6, 6.07) is 20.9. The van der Waals surface area contributed by atoms with Gasteiger partial charge in [0.2, 0.25) is 0 Å². The zero-order chi connectivity index (χ0) is 17.6. The van der Waals surface area contributed by atoms with E-state index in [0.717, 1.165) is 27.9 Å². The number of nitrogens with zero attached hydrogens (tertiary/aromatic N) is 2. The molecule has 0 saturated carbocycles. The summed E-state index contributed by atoms with van der Waals surface area (Å²) in [6.07, 6.45) is 0. The fourth-order valence-electron chi connectivity index (χ4n) is 3.59. The molecule has 1 unspecified atom stereocenters. The normalized spacial score (nSPS) is 15.4. The molecule has 124 valence electrons. The minimum atomic E-state index is -0.357. The first-order valence-electron chi connectivity index (χ1n) is 8.02. The predicted octanol–water partition coefficient (Wildman–Crippen LogP) is 4.38. The average molecular weight is 331 g/mol. The molecule has 1 heterocycles. The van der Waals surface area contributed by atoms with Crippen molar-refractivity contribution in [3.63, 3.8) is 0 Å². The van der Waals surface area contributed by atoms with Crippen LogP contribution in [0.5, 0.6) is 0 Å². The SMILES string of the molecule is CN1c2cc([N+](=O)[O-])ccc2-c2ccc(N)cc2C1c1ccccc1. The van der Waals surface area contributed by atoms with Crippen LogP contribution in [0.15, 0.2) is 66.7 Å². The van der Waals surface area contributed by atoms with Crippen molar-refractivity contribution in [1.29, 1.82) is 0 Å². The van der Waals surface area contributed by atoms with Gasteiger partial charge >= 0.3 is 0 Å². The number of anilines is 2. The van der Waals surface area contributed by atoms with Crippen molar-refractivity contribution in [1.82, 2.24) is 0 Å². The van der Waals surface area contributed by atoms with E-state index in [2.05, 4.69) is 17.0 Å². The second-order valence-corrected chi connectivity index (χ2v) is 6.23. The van der Waals surface area contributed by atoms with Crippen molar-refractivity contribution in [3.05, 3.63) is 88.0 Å². The van der Waals surface area contributed by atoms with E-state index >= 15 is 0 Å². The van der Waals surface area contributed by atoms with Gasteiger partial charge in [0.05, 0.1) is 16.7 Å². The van der Waals surface area contributed by atoms with Crippen LogP contribution >= 0.6 is 0 Å². The standard InChI is InChI=1S/C20H17N3O2/c1-22-19-12-15(23(24)25)8-10-17(19)16-9-7-14(21)11-18(16)20(22)13-5-3-2-4-6-13/h2-12,20H,21H2,1H3. The van der Waals surface area contributed by atoms with Crippen LogP contribution in [0.1, 0.15) is 17.2 Å². The molecular formula is C20H17N3O2. The van der Waals surface area contributed by atoms with E-state index in [1.165, 1.54) is 0 Å². The molecule has 3 aromatic carbocycles. The van der Waals surface area contributed by atoms with Crippen LogP contribution in [0.4, 0.5) is 17.1 Å². The average Bonchev–Trinajstić information content (AvgIpc) is 2.62. The minimum absolute atomic E-state index is 0.0470. The molecule has 1 aliphatic rings. The zero-order valence-corrected chi connectivity index (χ0v) is 13.7. The highest BCUT2D eigenvalue weighted by molar-refractivity contribution is 5.87. The van der Waals surface area contributed by atoms with Crippen LogP contribution in [0.2, 0.25) is 0 Å². The van der Waals surface area contributed by atoms with Gasteiger partial charge in [-0.05, 0) is 34.9 Å². The molecule has 25 heavy (non-hydrogen) atoms. The van der Waals surface area contributed by atoms with Crippen molar-refractivity contribution in [2.45, 2.75) is 6.04 Å². The van der Waals surface area contributed by atoms with Crippen molar-refractivity contribution >= 4 is 17.1 Å². The predicted molar refractivity (Wildman–Crippen MR) is 99.6 cm³/mol. The maximum atomic E-state index is 11.2. The van der Waals surface area contributed by atoms with Crippen LogP contribution in [-0.4, -0.2) is 12.0 Å². The van der Waals surface area contributed by atoms with Gasteiger partial charge in [-0.15, -0.1) is 0 Å². The topological polar surface area (TPSA) is 72.4 Å². The molecule has 0 bridgehead atoms. The lowest BCUT2D eigenvalue weighted by molar-refractivity contribution is -0.384. The molecule has 2 N–H and O–H groups in total. The number of nitrogens with two attached hydrogens (primary N) is 1. The molecular weight excluding hydrogens is 314 g/mol. The fraction of sp³-hybridized carbons (Fsp3) is 0.100. The number of rotatable bonds is 2. The van der Waals surface area contributed by atoms with Gasteiger partial charge in [-0.25, -0.2) is 0 Å². The molecule has 5 heteroatoms. The maximum absolute atomic E-state index is 11.2. The third-order valence-corrected chi connectivity index (χ3v) is 4.74. The molecule has 0 amide bonds. The number of fused-ring (bicyclic) bond motifs is 3. The van der Waals surface area contributed by atoms with E-state index in [1.807, 2.05) is 49.5 Å². The minimum Gasteiger partial charge on any atom is -0.399 e. The first kappa shape index (κ1) is 15.2. The molecule has 1 atom stereocenters. The van der Waals surface area contributed by atoms with Gasteiger partial charge < -0.3 is 10.6 Å². The number of nitro benzene ring substituents is 1. The number of benzene rings is 3. The summed E-state index contributed by atoms with van der Waals surface area (Å²) in [7, 11) is 1.96. The van der Waals surface area contributed by atoms with Gasteiger partial charge in [-0.3, -0.25) is 10.1 Å². The van der Waals surface area contributed by atoms with Gasteiger partial charge in [0.25, 0.3) is 5.69 Å². The molecule has 0 saturated heterocycles. The summed E-state index contributed by atoms with van der Waals surface area (Å²) in [6.45, 7) is 0. The molecule has 3 aromatic rings. The third-order valence-electron chi connectivity index (χ3n) is 4.74. The Labute approximate surface area is 145 Å². The first-order chi connectivity index (χ1) is 12.1. The van der Waals surface area contributed by atoms with E-state index in [4.69, 9.17) is 5.73 Å². The van der Waals surface area contributed by atoms with E-state index in [0.29, 0.717) is 5.69 Å². The number of nitro groups is 1. The Morgan fingerprint density at radius 3 is 2.44 bits per heavy atom. The van der Waals surface area contributed by atoms with Crippen LogP contribution < -0.4 is 10.6 Å². The molecule has 4 rings (SSSR count). The molecule has 1 aliphatic heterocycles. The van der Waals surface area contributed by atoms with Gasteiger partial charge in [0, 0.05) is 30.4 Å². The van der Waals surface area contributed by atoms with Crippen LogP contribution in [0.25, 0.3) is 11.1 Å². The van der Waals surface area contributed by atoms with Gasteiger partial charge in [-0.1, -0.05) is 36.4 Å². The Hall–Kier alpha value is -3.34. The summed E-state index contributed by atoms with van der Waals surface area (Å²) in [5.74, 6) is 0. The number of hydrogen-bond acceptors (Lipinski definition) is 4. The zero-order valence-electron chi connectivity index (χ0n) is 13.7. The second-order valence-electron chi connectivity index (χ2n) is 6.23. The monoisotopic (exact) mass is 331 g/mol. The largest absolute Gasteiger partial charge is 0.399 e. The molecule has 5 nitrogen and oxygen atoms in total. The van der Waals surface area contributed by atoms with Gasteiger partial charge in [0.1, 0.15) is 0 Å². The van der Waals surface area contributed by atoms with E-state index in [1.54, 1.807) is 12.1 Å². The van der Waals surface area contributed by atoms with Crippen molar-refractivity contribution in [2.24, 2.45) is 0 Å². The highest BCUT2D eigenvalue weighted by atomic mass is 16.6. The Bertz CT molecular complexity index is 970. The molecule has 0 aromatic heterocycles. The molecule has 0 fully saturated rings. The Kier molecular flexibility index (Phi) is 3.42. The lowest BCUT2D eigenvalue weighted by Crippen LogP contribution is -2.29. The summed E-state index contributed by atoms with van der Waals surface area (Å²) in [5.41, 5.74) is 12.0. The summed E-state index contributed by atoms with van der Waals surface area (Å²) >= 11 is 0. The summed E-state index contributed by atoms with van der Waals surface area (Å²) < 4.78 is 0. The lowest BCUT2D eigenvalue weighted by atomic mass is 9.85. The smallest absolute Gasteiger partial charge is 0.271 e. The number of nitrogen functional groups attached to an aromatic ring is 1. The van der Waals surface area contributed by atoms with E-state index < -0.39 is 0 Å². The van der Waals surface area contributed by atoms with Crippen LogP contribution in [0.3, 0.4) is 0 Å². The van der Waals surface area contributed by atoms with Crippen molar-refractivity contribution in [3.8, 4) is 11.1 Å². The second kappa shape index (κ2) is 5.63. The van der Waals surface area contributed by atoms with Gasteiger partial charge in [-0.2, -0.15) is 0 Å². The van der Waals surface area contributed by atoms with Crippen LogP contribution in [-0.2, 0) is 0 Å². The number of hydrogen-bond donors (Lipinski definition) is 1. The van der Waals surface area contributed by atoms with E-state index in [-0.39, 0.29) is 16.7 Å². The third kappa shape index (κ3) is 2.41. The summed E-state index contributed by atoms with van der Waals surface area (Å²) in [4.78, 5) is 12.9. The Balaban J connectivity index is 1.99. The fourth-order valence-corrected chi connectivity index (χ4v) is 3.59. The number of non-ortho nitro benzene ring substituents is 1.